The number of hydrogen-bond donors (Lipinski definition) is 2. The van der Waals surface area contributed by atoms with E-state index < -0.39 is 6.10 Å². The minimum atomic E-state index is -0.500. The van der Waals surface area contributed by atoms with Gasteiger partial charge >= 0.3 is 0 Å². The number of amides is 1. The molecule has 1 amide bonds. The number of carbonyl (C=O) groups is 1. The standard InChI is InChI=1S/C21H23ClFN3O2/c1-14(27)9-10-21(28)24-12-11-20-25-18-7-2-3-8-19(18)26(20)13-15-16(22)5-4-6-17(15)23/h2-8,14,27H,9-13H2,1H3,(H,24,28)/t14-/m0/s1. The fourth-order valence-corrected chi connectivity index (χ4v) is 3.30. The van der Waals surface area contributed by atoms with Crippen LogP contribution in [0, 0.1) is 5.82 Å². The van der Waals surface area contributed by atoms with Crippen LogP contribution < -0.4 is 5.32 Å². The Bertz CT molecular complexity index is 951. The maximum absolute atomic E-state index is 14.3. The van der Waals surface area contributed by atoms with E-state index in [1.165, 1.54) is 6.07 Å². The van der Waals surface area contributed by atoms with Gasteiger partial charge in [-0.05, 0) is 37.6 Å². The molecule has 2 N–H and O–H groups in total. The van der Waals surface area contributed by atoms with Gasteiger partial charge in [0.2, 0.25) is 5.91 Å². The highest BCUT2D eigenvalue weighted by atomic mass is 35.5. The summed E-state index contributed by atoms with van der Waals surface area (Å²) in [6.45, 7) is 2.33. The molecule has 28 heavy (non-hydrogen) atoms. The highest BCUT2D eigenvalue weighted by molar-refractivity contribution is 6.31. The number of nitrogens with one attached hydrogen (secondary N) is 1. The Labute approximate surface area is 168 Å². The molecule has 0 aliphatic carbocycles. The minimum Gasteiger partial charge on any atom is -0.393 e. The monoisotopic (exact) mass is 403 g/mol. The second-order valence-electron chi connectivity index (χ2n) is 6.79. The van der Waals surface area contributed by atoms with E-state index in [0.717, 1.165) is 16.9 Å². The van der Waals surface area contributed by atoms with Crippen molar-refractivity contribution in [3.8, 4) is 0 Å². The number of carbonyl (C=O) groups excluding carboxylic acids is 1. The van der Waals surface area contributed by atoms with Gasteiger partial charge in [0.15, 0.2) is 0 Å². The summed E-state index contributed by atoms with van der Waals surface area (Å²) in [6.07, 6.45) is 0.705. The number of nitrogens with zero attached hydrogens (tertiary/aromatic N) is 2. The summed E-state index contributed by atoms with van der Waals surface area (Å²) in [4.78, 5) is 16.5. The van der Waals surface area contributed by atoms with Crippen molar-refractivity contribution in [1.82, 2.24) is 14.9 Å². The van der Waals surface area contributed by atoms with Gasteiger partial charge in [-0.1, -0.05) is 29.8 Å². The minimum absolute atomic E-state index is 0.110. The lowest BCUT2D eigenvalue weighted by Crippen LogP contribution is -2.27. The van der Waals surface area contributed by atoms with Crippen molar-refractivity contribution in [2.75, 3.05) is 6.54 Å². The van der Waals surface area contributed by atoms with Crippen LogP contribution in [0.4, 0.5) is 4.39 Å². The number of fused-ring (bicyclic) bond motifs is 1. The summed E-state index contributed by atoms with van der Waals surface area (Å²) < 4.78 is 16.2. The first-order valence-corrected chi connectivity index (χ1v) is 9.65. The van der Waals surface area contributed by atoms with Crippen molar-refractivity contribution in [3.63, 3.8) is 0 Å². The molecule has 0 aliphatic heterocycles. The number of benzene rings is 2. The molecule has 1 atom stereocenters. The number of para-hydroxylation sites is 2. The van der Waals surface area contributed by atoms with Crippen LogP contribution in [0.15, 0.2) is 42.5 Å². The zero-order valence-corrected chi connectivity index (χ0v) is 16.4. The Balaban J connectivity index is 1.79. The number of hydrogen-bond acceptors (Lipinski definition) is 3. The largest absolute Gasteiger partial charge is 0.393 e. The van der Waals surface area contributed by atoms with Gasteiger partial charge in [-0.2, -0.15) is 0 Å². The van der Waals surface area contributed by atoms with Crippen molar-refractivity contribution in [2.45, 2.75) is 38.8 Å². The molecule has 148 valence electrons. The first kappa shape index (κ1) is 20.3. The Morgan fingerprint density at radius 1 is 1.29 bits per heavy atom. The lowest BCUT2D eigenvalue weighted by molar-refractivity contribution is -0.121. The molecular weight excluding hydrogens is 381 g/mol. The van der Waals surface area contributed by atoms with Gasteiger partial charge in [-0.25, -0.2) is 9.37 Å². The quantitative estimate of drug-likeness (QED) is 0.602. The first-order valence-electron chi connectivity index (χ1n) is 9.27. The Kier molecular flexibility index (Phi) is 6.65. The molecule has 0 spiro atoms. The van der Waals surface area contributed by atoms with Gasteiger partial charge < -0.3 is 15.0 Å². The van der Waals surface area contributed by atoms with Crippen molar-refractivity contribution in [2.24, 2.45) is 0 Å². The molecule has 0 bridgehead atoms. The summed E-state index contributed by atoms with van der Waals surface area (Å²) in [7, 11) is 0. The third kappa shape index (κ3) is 4.88. The van der Waals surface area contributed by atoms with E-state index in [0.29, 0.717) is 30.0 Å². The van der Waals surface area contributed by atoms with Gasteiger partial charge in [-0.15, -0.1) is 0 Å². The highest BCUT2D eigenvalue weighted by Gasteiger charge is 2.15. The molecule has 1 aromatic heterocycles. The molecule has 3 rings (SSSR count). The smallest absolute Gasteiger partial charge is 0.220 e. The second kappa shape index (κ2) is 9.17. The van der Waals surface area contributed by atoms with Crippen LogP contribution in [0.5, 0.6) is 0 Å². The summed E-state index contributed by atoms with van der Waals surface area (Å²) in [6, 6.07) is 12.3. The predicted molar refractivity (Wildman–Crippen MR) is 108 cm³/mol. The average Bonchev–Trinajstić information content (AvgIpc) is 3.00. The molecule has 5 nitrogen and oxygen atoms in total. The lowest BCUT2D eigenvalue weighted by atomic mass is 10.2. The molecule has 0 radical (unpaired) electrons. The fourth-order valence-electron chi connectivity index (χ4n) is 3.08. The molecule has 0 saturated carbocycles. The van der Waals surface area contributed by atoms with Crippen molar-refractivity contribution in [3.05, 3.63) is 64.7 Å². The Morgan fingerprint density at radius 3 is 2.82 bits per heavy atom. The maximum Gasteiger partial charge on any atom is 0.220 e. The maximum atomic E-state index is 14.3. The molecular formula is C21H23ClFN3O2. The second-order valence-corrected chi connectivity index (χ2v) is 7.20. The highest BCUT2D eigenvalue weighted by Crippen LogP contribution is 2.24. The van der Waals surface area contributed by atoms with Crippen LogP contribution in [0.1, 0.15) is 31.2 Å². The lowest BCUT2D eigenvalue weighted by Gasteiger charge is -2.12. The van der Waals surface area contributed by atoms with E-state index in [1.54, 1.807) is 19.1 Å². The summed E-state index contributed by atoms with van der Waals surface area (Å²) in [5.41, 5.74) is 2.11. The molecule has 3 aromatic rings. The number of halogens is 2. The van der Waals surface area contributed by atoms with Crippen molar-refractivity contribution >= 4 is 28.5 Å². The Morgan fingerprint density at radius 2 is 2.07 bits per heavy atom. The zero-order valence-electron chi connectivity index (χ0n) is 15.7. The molecule has 7 heteroatoms. The first-order chi connectivity index (χ1) is 13.5. The number of imidazole rings is 1. The van der Waals surface area contributed by atoms with Gasteiger partial charge in [0.25, 0.3) is 0 Å². The number of rotatable bonds is 8. The third-order valence-electron chi connectivity index (χ3n) is 4.57. The fraction of sp³-hybridized carbons (Fsp3) is 0.333. The van der Waals surface area contributed by atoms with Gasteiger partial charge in [0.05, 0.1) is 23.7 Å². The van der Waals surface area contributed by atoms with Crippen molar-refractivity contribution < 1.29 is 14.3 Å². The average molecular weight is 404 g/mol. The van der Waals surface area contributed by atoms with E-state index in [4.69, 9.17) is 11.6 Å². The van der Waals surface area contributed by atoms with E-state index in [1.807, 2.05) is 28.8 Å². The number of aliphatic hydroxyl groups excluding tert-OH is 1. The zero-order chi connectivity index (χ0) is 20.1. The normalized spacial score (nSPS) is 12.3. The molecule has 1 heterocycles. The Hall–Kier alpha value is -2.44. The molecule has 0 aliphatic rings. The van der Waals surface area contributed by atoms with Crippen LogP contribution in [-0.2, 0) is 17.8 Å². The van der Waals surface area contributed by atoms with Crippen LogP contribution in [0.3, 0.4) is 0 Å². The summed E-state index contributed by atoms with van der Waals surface area (Å²) >= 11 is 6.20. The van der Waals surface area contributed by atoms with Gasteiger partial charge in [0.1, 0.15) is 11.6 Å². The SMILES string of the molecule is C[C@H](O)CCC(=O)NCCc1nc2ccccc2n1Cc1c(F)cccc1Cl. The van der Waals surface area contributed by atoms with E-state index in [9.17, 15) is 14.3 Å². The third-order valence-corrected chi connectivity index (χ3v) is 4.93. The van der Waals surface area contributed by atoms with Gasteiger partial charge in [0, 0.05) is 30.0 Å². The van der Waals surface area contributed by atoms with Crippen LogP contribution >= 0.6 is 11.6 Å². The van der Waals surface area contributed by atoms with Crippen molar-refractivity contribution in [1.29, 1.82) is 0 Å². The van der Waals surface area contributed by atoms with Crippen LogP contribution in [-0.4, -0.2) is 33.2 Å². The van der Waals surface area contributed by atoms with E-state index in [-0.39, 0.29) is 24.7 Å². The number of aliphatic hydroxyl groups is 1. The molecule has 0 unspecified atom stereocenters. The topological polar surface area (TPSA) is 67.2 Å². The van der Waals surface area contributed by atoms with Crippen LogP contribution in [0.2, 0.25) is 5.02 Å². The van der Waals surface area contributed by atoms with Gasteiger partial charge in [-0.3, -0.25) is 4.79 Å². The van der Waals surface area contributed by atoms with E-state index >= 15 is 0 Å². The van der Waals surface area contributed by atoms with E-state index in [2.05, 4.69) is 10.3 Å². The number of aromatic nitrogens is 2. The molecule has 0 saturated heterocycles. The summed E-state index contributed by atoms with van der Waals surface area (Å²) in [5, 5.41) is 12.5. The molecule has 0 fully saturated rings. The van der Waals surface area contributed by atoms with Crippen LogP contribution in [0.25, 0.3) is 11.0 Å². The molecule has 2 aromatic carbocycles. The predicted octanol–water partition coefficient (Wildman–Crippen LogP) is 3.70. The summed E-state index contributed by atoms with van der Waals surface area (Å²) in [5.74, 6) is 0.278.